The van der Waals surface area contributed by atoms with E-state index in [0.717, 1.165) is 39.4 Å². The largest absolute Gasteiger partial charge is 0.379 e. The highest BCUT2D eigenvalue weighted by molar-refractivity contribution is 4.69. The first-order valence-electron chi connectivity index (χ1n) is 6.32. The lowest BCUT2D eigenvalue weighted by Gasteiger charge is -2.33. The van der Waals surface area contributed by atoms with Gasteiger partial charge in [-0.3, -0.25) is 10.3 Å². The minimum atomic E-state index is 0.863. The molecule has 2 rings (SSSR count). The molecule has 2 aliphatic rings. The lowest BCUT2D eigenvalue weighted by Crippen LogP contribution is -2.50. The van der Waals surface area contributed by atoms with Gasteiger partial charge in [0, 0.05) is 52.4 Å². The monoisotopic (exact) mass is 228 g/mol. The maximum Gasteiger partial charge on any atom is 0.0608 e. The molecule has 2 aliphatic heterocycles. The Morgan fingerprint density at radius 1 is 1.00 bits per heavy atom. The van der Waals surface area contributed by atoms with E-state index in [1.54, 1.807) is 0 Å². The van der Waals surface area contributed by atoms with Crippen LogP contribution in [-0.4, -0.2) is 87.4 Å². The smallest absolute Gasteiger partial charge is 0.0608 e. The molecule has 2 heterocycles. The van der Waals surface area contributed by atoms with Crippen LogP contribution in [0.1, 0.15) is 0 Å². The second kappa shape index (κ2) is 6.51. The van der Waals surface area contributed by atoms with E-state index in [4.69, 9.17) is 4.74 Å². The minimum Gasteiger partial charge on any atom is -0.379 e. The van der Waals surface area contributed by atoms with Crippen LogP contribution >= 0.6 is 0 Å². The van der Waals surface area contributed by atoms with Crippen molar-refractivity contribution in [3.05, 3.63) is 0 Å². The molecule has 0 aromatic rings. The first kappa shape index (κ1) is 12.3. The van der Waals surface area contributed by atoms with Crippen LogP contribution < -0.4 is 5.43 Å². The molecule has 5 nitrogen and oxygen atoms in total. The van der Waals surface area contributed by atoms with Gasteiger partial charge in [0.25, 0.3) is 0 Å². The van der Waals surface area contributed by atoms with Gasteiger partial charge >= 0.3 is 0 Å². The highest BCUT2D eigenvalue weighted by atomic mass is 16.5. The Balaban J connectivity index is 1.53. The summed E-state index contributed by atoms with van der Waals surface area (Å²) in [4.78, 5) is 4.93. The summed E-state index contributed by atoms with van der Waals surface area (Å²) < 4.78 is 5.31. The lowest BCUT2D eigenvalue weighted by molar-refractivity contribution is 0.00973. The molecule has 16 heavy (non-hydrogen) atoms. The topological polar surface area (TPSA) is 31.0 Å². The number of nitrogens with one attached hydrogen (secondary N) is 1. The average Bonchev–Trinajstić information content (AvgIpc) is 2.33. The van der Waals surface area contributed by atoms with Crippen molar-refractivity contribution in [2.45, 2.75) is 0 Å². The number of rotatable bonds is 4. The van der Waals surface area contributed by atoms with E-state index in [0.29, 0.717) is 0 Å². The molecule has 0 bridgehead atoms. The highest BCUT2D eigenvalue weighted by Crippen LogP contribution is 1.98. The normalized spacial score (nSPS) is 26.1. The van der Waals surface area contributed by atoms with Crippen LogP contribution in [0.4, 0.5) is 0 Å². The number of hydrazine groups is 1. The van der Waals surface area contributed by atoms with Gasteiger partial charge in [-0.25, -0.2) is 5.01 Å². The average molecular weight is 228 g/mol. The summed E-state index contributed by atoms with van der Waals surface area (Å²) in [6.45, 7) is 10.8. The predicted octanol–water partition coefficient (Wildman–Crippen LogP) is -0.929. The standard InChI is InChI=1S/C11H24N4O/c1-13-4-6-14(7-5-13)3-2-12-15-8-10-16-11-9-15/h12H,2-11H2,1H3. The maximum absolute atomic E-state index is 5.31. The molecule has 0 spiro atoms. The van der Waals surface area contributed by atoms with E-state index in [2.05, 4.69) is 27.3 Å². The number of hydrogen-bond donors (Lipinski definition) is 1. The van der Waals surface area contributed by atoms with E-state index in [9.17, 15) is 0 Å². The summed E-state index contributed by atoms with van der Waals surface area (Å²) in [5.41, 5.74) is 3.48. The molecule has 0 aromatic carbocycles. The summed E-state index contributed by atoms with van der Waals surface area (Å²) in [7, 11) is 2.20. The number of morpholine rings is 1. The van der Waals surface area contributed by atoms with E-state index in [1.165, 1.54) is 26.2 Å². The summed E-state index contributed by atoms with van der Waals surface area (Å²) in [6, 6.07) is 0. The van der Waals surface area contributed by atoms with Crippen molar-refractivity contribution >= 4 is 0 Å². The number of likely N-dealkylation sites (N-methyl/N-ethyl adjacent to an activating group) is 1. The molecular weight excluding hydrogens is 204 g/mol. The summed E-state index contributed by atoms with van der Waals surface area (Å²) >= 11 is 0. The van der Waals surface area contributed by atoms with Crippen LogP contribution in [0.5, 0.6) is 0 Å². The van der Waals surface area contributed by atoms with Crippen molar-refractivity contribution in [1.29, 1.82) is 0 Å². The van der Waals surface area contributed by atoms with Gasteiger partial charge in [-0.05, 0) is 7.05 Å². The van der Waals surface area contributed by atoms with Crippen molar-refractivity contribution < 1.29 is 4.74 Å². The molecule has 5 heteroatoms. The van der Waals surface area contributed by atoms with E-state index in [-0.39, 0.29) is 0 Å². The second-order valence-electron chi connectivity index (χ2n) is 4.65. The number of hydrogen-bond acceptors (Lipinski definition) is 5. The molecule has 0 atom stereocenters. The molecule has 0 amide bonds. The molecule has 94 valence electrons. The van der Waals surface area contributed by atoms with E-state index < -0.39 is 0 Å². The molecule has 2 fully saturated rings. The zero-order chi connectivity index (χ0) is 11.2. The fourth-order valence-electron chi connectivity index (χ4n) is 2.16. The van der Waals surface area contributed by atoms with Gasteiger partial charge in [0.1, 0.15) is 0 Å². The zero-order valence-corrected chi connectivity index (χ0v) is 10.3. The van der Waals surface area contributed by atoms with Crippen LogP contribution in [0.15, 0.2) is 0 Å². The fourth-order valence-corrected chi connectivity index (χ4v) is 2.16. The van der Waals surface area contributed by atoms with Crippen molar-refractivity contribution in [2.24, 2.45) is 0 Å². The minimum absolute atomic E-state index is 0.863. The SMILES string of the molecule is CN1CCN(CCNN2CCOCC2)CC1. The molecule has 1 N–H and O–H groups in total. The molecule has 0 aliphatic carbocycles. The molecule has 0 radical (unpaired) electrons. The Kier molecular flexibility index (Phi) is 4.99. The summed E-state index contributed by atoms with van der Waals surface area (Å²) in [6.07, 6.45) is 0. The zero-order valence-electron chi connectivity index (χ0n) is 10.3. The quantitative estimate of drug-likeness (QED) is 0.672. The van der Waals surface area contributed by atoms with Gasteiger partial charge < -0.3 is 9.64 Å². The lowest BCUT2D eigenvalue weighted by atomic mass is 10.3. The second-order valence-corrected chi connectivity index (χ2v) is 4.65. The van der Waals surface area contributed by atoms with Crippen molar-refractivity contribution in [3.8, 4) is 0 Å². The van der Waals surface area contributed by atoms with Gasteiger partial charge in [0.2, 0.25) is 0 Å². The first-order chi connectivity index (χ1) is 7.84. The Labute approximate surface area is 98.3 Å². The number of piperazine rings is 1. The third-order valence-corrected chi connectivity index (χ3v) is 3.37. The van der Waals surface area contributed by atoms with Crippen molar-refractivity contribution in [3.63, 3.8) is 0 Å². The first-order valence-corrected chi connectivity index (χ1v) is 6.32. The van der Waals surface area contributed by atoms with Crippen LogP contribution in [0.2, 0.25) is 0 Å². The Hall–Kier alpha value is -0.200. The molecule has 0 aromatic heterocycles. The third kappa shape index (κ3) is 3.99. The van der Waals surface area contributed by atoms with Gasteiger partial charge in [-0.1, -0.05) is 0 Å². The van der Waals surface area contributed by atoms with E-state index in [1.807, 2.05) is 0 Å². The van der Waals surface area contributed by atoms with Gasteiger partial charge in [-0.2, -0.15) is 0 Å². The molecular formula is C11H24N4O. The van der Waals surface area contributed by atoms with Crippen LogP contribution in [0.25, 0.3) is 0 Å². The Bertz CT molecular complexity index is 188. The van der Waals surface area contributed by atoms with Crippen LogP contribution in [0.3, 0.4) is 0 Å². The fraction of sp³-hybridized carbons (Fsp3) is 1.00. The van der Waals surface area contributed by atoms with Crippen molar-refractivity contribution in [2.75, 3.05) is 72.6 Å². The maximum atomic E-state index is 5.31. The van der Waals surface area contributed by atoms with Crippen LogP contribution in [0, 0.1) is 0 Å². The number of nitrogens with zero attached hydrogens (tertiary/aromatic N) is 3. The Morgan fingerprint density at radius 2 is 1.69 bits per heavy atom. The highest BCUT2D eigenvalue weighted by Gasteiger charge is 2.14. The molecule has 0 saturated carbocycles. The van der Waals surface area contributed by atoms with E-state index >= 15 is 0 Å². The number of ether oxygens (including phenoxy) is 1. The van der Waals surface area contributed by atoms with Gasteiger partial charge in [0.05, 0.1) is 13.2 Å². The van der Waals surface area contributed by atoms with Crippen molar-refractivity contribution in [1.82, 2.24) is 20.2 Å². The summed E-state index contributed by atoms with van der Waals surface area (Å²) in [5.74, 6) is 0. The molecule has 0 unspecified atom stereocenters. The van der Waals surface area contributed by atoms with Gasteiger partial charge in [-0.15, -0.1) is 0 Å². The third-order valence-electron chi connectivity index (χ3n) is 3.37. The Morgan fingerprint density at radius 3 is 2.38 bits per heavy atom. The van der Waals surface area contributed by atoms with Crippen LogP contribution in [-0.2, 0) is 4.74 Å². The molecule has 2 saturated heterocycles. The summed E-state index contributed by atoms with van der Waals surface area (Å²) in [5, 5.41) is 2.28. The van der Waals surface area contributed by atoms with Gasteiger partial charge in [0.15, 0.2) is 0 Å². The predicted molar refractivity (Wildman–Crippen MR) is 64.3 cm³/mol.